The molecule has 0 unspecified atom stereocenters. The van der Waals surface area contributed by atoms with E-state index >= 15 is 0 Å². The zero-order chi connectivity index (χ0) is 15.4. The van der Waals surface area contributed by atoms with Crippen LogP contribution in [-0.4, -0.2) is 13.1 Å². The van der Waals surface area contributed by atoms with Crippen molar-refractivity contribution in [3.63, 3.8) is 0 Å². The Labute approximate surface area is 128 Å². The second-order valence-corrected chi connectivity index (χ2v) is 4.87. The SMILES string of the molecule is COc1ccc(F)cc1NC(=O)Nc1c(F)cccc1Br. The van der Waals surface area contributed by atoms with Crippen molar-refractivity contribution in [3.8, 4) is 5.75 Å². The molecule has 0 heterocycles. The van der Waals surface area contributed by atoms with Crippen LogP contribution in [0.4, 0.5) is 25.0 Å². The van der Waals surface area contributed by atoms with Gasteiger partial charge in [0.25, 0.3) is 0 Å². The molecule has 4 nitrogen and oxygen atoms in total. The normalized spacial score (nSPS) is 10.1. The summed E-state index contributed by atoms with van der Waals surface area (Å²) in [4.78, 5) is 11.9. The highest BCUT2D eigenvalue weighted by Crippen LogP contribution is 2.27. The average molecular weight is 357 g/mol. The van der Waals surface area contributed by atoms with Gasteiger partial charge in [-0.15, -0.1) is 0 Å². The van der Waals surface area contributed by atoms with E-state index in [1.807, 2.05) is 0 Å². The molecule has 2 N–H and O–H groups in total. The molecule has 0 aromatic heterocycles. The van der Waals surface area contributed by atoms with Gasteiger partial charge < -0.3 is 15.4 Å². The number of carbonyl (C=O) groups is 1. The number of carbonyl (C=O) groups excluding carboxylic acids is 1. The lowest BCUT2D eigenvalue weighted by Gasteiger charge is -2.12. The van der Waals surface area contributed by atoms with Crippen LogP contribution < -0.4 is 15.4 Å². The van der Waals surface area contributed by atoms with Gasteiger partial charge in [-0.1, -0.05) is 6.07 Å². The largest absolute Gasteiger partial charge is 0.495 e. The number of halogens is 3. The Morgan fingerprint density at radius 2 is 1.95 bits per heavy atom. The second kappa shape index (κ2) is 6.53. The molecule has 0 spiro atoms. The topological polar surface area (TPSA) is 50.4 Å². The van der Waals surface area contributed by atoms with Crippen molar-refractivity contribution >= 4 is 33.3 Å². The molecular weight excluding hydrogens is 346 g/mol. The first kappa shape index (κ1) is 15.2. The number of nitrogens with one attached hydrogen (secondary N) is 2. The van der Waals surface area contributed by atoms with Crippen molar-refractivity contribution in [2.45, 2.75) is 0 Å². The van der Waals surface area contributed by atoms with Gasteiger partial charge in [0.1, 0.15) is 17.4 Å². The predicted octanol–water partition coefficient (Wildman–Crippen LogP) is 4.38. The minimum atomic E-state index is -0.718. The Bertz CT molecular complexity index is 660. The highest BCUT2D eigenvalue weighted by Gasteiger charge is 2.12. The molecule has 0 atom stereocenters. The third-order valence-electron chi connectivity index (χ3n) is 2.61. The molecule has 2 aromatic rings. The number of rotatable bonds is 3. The molecule has 0 saturated heterocycles. The lowest BCUT2D eigenvalue weighted by Crippen LogP contribution is -2.21. The third-order valence-corrected chi connectivity index (χ3v) is 3.27. The highest BCUT2D eigenvalue weighted by atomic mass is 79.9. The zero-order valence-corrected chi connectivity index (χ0v) is 12.5. The molecule has 0 aliphatic rings. The molecule has 0 radical (unpaired) electrons. The minimum Gasteiger partial charge on any atom is -0.495 e. The van der Waals surface area contributed by atoms with Crippen molar-refractivity contribution in [2.75, 3.05) is 17.7 Å². The third kappa shape index (κ3) is 3.69. The van der Waals surface area contributed by atoms with E-state index < -0.39 is 17.7 Å². The van der Waals surface area contributed by atoms with Crippen LogP contribution in [0.1, 0.15) is 0 Å². The standard InChI is InChI=1S/C14H11BrF2N2O2/c1-21-12-6-5-8(16)7-11(12)18-14(20)19-13-9(15)3-2-4-10(13)17/h2-7H,1H3,(H2,18,19,20). The Hall–Kier alpha value is -2.15. The fourth-order valence-electron chi connectivity index (χ4n) is 1.66. The van der Waals surface area contributed by atoms with Crippen molar-refractivity contribution in [1.82, 2.24) is 0 Å². The van der Waals surface area contributed by atoms with Crippen LogP contribution in [0.2, 0.25) is 0 Å². The summed E-state index contributed by atoms with van der Waals surface area (Å²) >= 11 is 3.13. The van der Waals surface area contributed by atoms with E-state index in [1.165, 1.54) is 31.4 Å². The monoisotopic (exact) mass is 356 g/mol. The smallest absolute Gasteiger partial charge is 0.323 e. The average Bonchev–Trinajstić information content (AvgIpc) is 2.43. The summed E-state index contributed by atoms with van der Waals surface area (Å²) in [5, 5.41) is 4.75. The number of amides is 2. The first-order valence-corrected chi connectivity index (χ1v) is 6.66. The van der Waals surface area contributed by atoms with Crippen LogP contribution in [0.3, 0.4) is 0 Å². The maximum atomic E-state index is 13.6. The van der Waals surface area contributed by atoms with Crippen molar-refractivity contribution < 1.29 is 18.3 Å². The summed E-state index contributed by atoms with van der Waals surface area (Å²) in [6.45, 7) is 0. The van der Waals surface area contributed by atoms with Gasteiger partial charge >= 0.3 is 6.03 Å². The van der Waals surface area contributed by atoms with Crippen LogP contribution >= 0.6 is 15.9 Å². The number of benzene rings is 2. The van der Waals surface area contributed by atoms with Crippen LogP contribution in [0, 0.1) is 11.6 Å². The summed E-state index contributed by atoms with van der Waals surface area (Å²) in [7, 11) is 1.39. The molecule has 0 saturated carbocycles. The molecule has 0 fully saturated rings. The molecule has 0 bridgehead atoms. The maximum absolute atomic E-state index is 13.6. The molecule has 2 rings (SSSR count). The van der Waals surface area contributed by atoms with E-state index in [9.17, 15) is 13.6 Å². The number of ether oxygens (including phenoxy) is 1. The summed E-state index contributed by atoms with van der Waals surface area (Å²) < 4.78 is 32.2. The van der Waals surface area contributed by atoms with Gasteiger partial charge in [-0.25, -0.2) is 13.6 Å². The van der Waals surface area contributed by atoms with E-state index in [-0.39, 0.29) is 11.4 Å². The summed E-state index contributed by atoms with van der Waals surface area (Å²) in [6.07, 6.45) is 0. The van der Waals surface area contributed by atoms with Gasteiger partial charge in [-0.2, -0.15) is 0 Å². The number of para-hydroxylation sites is 1. The van der Waals surface area contributed by atoms with Crippen LogP contribution in [0.15, 0.2) is 40.9 Å². The van der Waals surface area contributed by atoms with Crippen LogP contribution in [0.25, 0.3) is 0 Å². The first-order valence-electron chi connectivity index (χ1n) is 5.87. The number of hydrogen-bond acceptors (Lipinski definition) is 2. The lowest BCUT2D eigenvalue weighted by atomic mass is 10.3. The van der Waals surface area contributed by atoms with Gasteiger partial charge in [0.2, 0.25) is 0 Å². The van der Waals surface area contributed by atoms with Gasteiger partial charge in [0.05, 0.1) is 18.5 Å². The number of hydrogen-bond donors (Lipinski definition) is 2. The van der Waals surface area contributed by atoms with Gasteiger partial charge in [-0.05, 0) is 40.2 Å². The molecule has 110 valence electrons. The molecule has 2 aromatic carbocycles. The van der Waals surface area contributed by atoms with Gasteiger partial charge in [0, 0.05) is 10.5 Å². The van der Waals surface area contributed by atoms with E-state index in [1.54, 1.807) is 6.07 Å². The predicted molar refractivity (Wildman–Crippen MR) is 79.7 cm³/mol. The van der Waals surface area contributed by atoms with E-state index in [4.69, 9.17) is 4.74 Å². The highest BCUT2D eigenvalue weighted by molar-refractivity contribution is 9.10. The molecule has 21 heavy (non-hydrogen) atoms. The molecular formula is C14H11BrF2N2O2. The maximum Gasteiger partial charge on any atom is 0.323 e. The van der Waals surface area contributed by atoms with E-state index in [0.717, 1.165) is 6.07 Å². The fourth-order valence-corrected chi connectivity index (χ4v) is 2.10. The van der Waals surface area contributed by atoms with Gasteiger partial charge in [0.15, 0.2) is 0 Å². The number of anilines is 2. The molecule has 2 amide bonds. The lowest BCUT2D eigenvalue weighted by molar-refractivity contribution is 0.262. The summed E-state index contributed by atoms with van der Waals surface area (Å²) in [6, 6.07) is 7.27. The molecule has 7 heteroatoms. The molecule has 0 aliphatic heterocycles. The quantitative estimate of drug-likeness (QED) is 0.857. The van der Waals surface area contributed by atoms with E-state index in [0.29, 0.717) is 10.2 Å². The fraction of sp³-hybridized carbons (Fsp3) is 0.0714. The number of methoxy groups -OCH3 is 1. The van der Waals surface area contributed by atoms with Crippen molar-refractivity contribution in [3.05, 3.63) is 52.5 Å². The van der Waals surface area contributed by atoms with Crippen molar-refractivity contribution in [2.24, 2.45) is 0 Å². The van der Waals surface area contributed by atoms with E-state index in [2.05, 4.69) is 26.6 Å². The van der Waals surface area contributed by atoms with Gasteiger partial charge in [-0.3, -0.25) is 0 Å². The minimum absolute atomic E-state index is 0.00892. The van der Waals surface area contributed by atoms with Crippen LogP contribution in [-0.2, 0) is 0 Å². The summed E-state index contributed by atoms with van der Waals surface area (Å²) in [5.74, 6) is -0.831. The Balaban J connectivity index is 2.17. The number of urea groups is 1. The van der Waals surface area contributed by atoms with Crippen molar-refractivity contribution in [1.29, 1.82) is 0 Å². The Morgan fingerprint density at radius 1 is 1.19 bits per heavy atom. The first-order chi connectivity index (χ1) is 10.0. The Kier molecular flexibility index (Phi) is 4.74. The molecule has 0 aliphatic carbocycles. The second-order valence-electron chi connectivity index (χ2n) is 4.02. The zero-order valence-electron chi connectivity index (χ0n) is 10.9. The van der Waals surface area contributed by atoms with Crippen LogP contribution in [0.5, 0.6) is 5.75 Å². The summed E-state index contributed by atoms with van der Waals surface area (Å²) in [5.41, 5.74) is 0.132. The Morgan fingerprint density at radius 3 is 2.62 bits per heavy atom.